The van der Waals surface area contributed by atoms with Crippen molar-refractivity contribution in [1.82, 2.24) is 5.32 Å². The number of allylic oxidation sites excluding steroid dienone is 1. The summed E-state index contributed by atoms with van der Waals surface area (Å²) in [6.45, 7) is 4.25. The Morgan fingerprint density at radius 3 is 2.00 bits per heavy atom. The van der Waals surface area contributed by atoms with Crippen molar-refractivity contribution in [2.75, 3.05) is 0 Å². The smallest absolute Gasteiger partial charge is 0.408 e. The van der Waals surface area contributed by atoms with Crippen LogP contribution in [-0.4, -0.2) is 18.2 Å². The predicted octanol–water partition coefficient (Wildman–Crippen LogP) is 5.74. The van der Waals surface area contributed by atoms with Gasteiger partial charge in [0.15, 0.2) is 0 Å². The summed E-state index contributed by atoms with van der Waals surface area (Å²) in [6, 6.07) is 0.0982. The lowest BCUT2D eigenvalue weighted by Crippen LogP contribution is -2.26. The highest BCUT2D eigenvalue weighted by Crippen LogP contribution is 2.13. The molecular formula is C19H35NO2. The molecular weight excluding hydrogens is 274 g/mol. The van der Waals surface area contributed by atoms with E-state index in [0.29, 0.717) is 0 Å². The molecule has 1 N–H and O–H groups in total. The van der Waals surface area contributed by atoms with Gasteiger partial charge in [0.2, 0.25) is 0 Å². The Morgan fingerprint density at radius 1 is 0.955 bits per heavy atom. The maximum Gasteiger partial charge on any atom is 0.408 e. The summed E-state index contributed by atoms with van der Waals surface area (Å²) in [5.41, 5.74) is 0. The van der Waals surface area contributed by atoms with Crippen LogP contribution in [0, 0.1) is 0 Å². The Balaban J connectivity index is 1.83. The topological polar surface area (TPSA) is 38.3 Å². The van der Waals surface area contributed by atoms with Crippen molar-refractivity contribution >= 4 is 6.09 Å². The normalized spacial score (nSPS) is 21.3. The highest BCUT2D eigenvalue weighted by Gasteiger charge is 2.27. The Labute approximate surface area is 136 Å². The zero-order valence-electron chi connectivity index (χ0n) is 14.6. The molecule has 1 heterocycles. The van der Waals surface area contributed by atoms with E-state index >= 15 is 0 Å². The number of hydrogen-bond donors (Lipinski definition) is 1. The molecule has 0 aromatic rings. The van der Waals surface area contributed by atoms with Gasteiger partial charge in [-0.1, -0.05) is 77.2 Å². The van der Waals surface area contributed by atoms with Crippen LogP contribution in [0.15, 0.2) is 12.2 Å². The van der Waals surface area contributed by atoms with Gasteiger partial charge >= 0.3 is 6.09 Å². The number of hydrogen-bond acceptors (Lipinski definition) is 2. The van der Waals surface area contributed by atoms with E-state index in [4.69, 9.17) is 4.74 Å². The van der Waals surface area contributed by atoms with E-state index in [2.05, 4.69) is 18.3 Å². The summed E-state index contributed by atoms with van der Waals surface area (Å²) in [7, 11) is 0. The number of amides is 1. The third-order valence-electron chi connectivity index (χ3n) is 4.38. The largest absolute Gasteiger partial charge is 0.440 e. The van der Waals surface area contributed by atoms with Crippen molar-refractivity contribution in [3.63, 3.8) is 0 Å². The van der Waals surface area contributed by atoms with Crippen molar-refractivity contribution in [3.8, 4) is 0 Å². The molecule has 22 heavy (non-hydrogen) atoms. The zero-order valence-corrected chi connectivity index (χ0v) is 14.6. The van der Waals surface area contributed by atoms with E-state index in [-0.39, 0.29) is 18.2 Å². The molecule has 1 fully saturated rings. The summed E-state index contributed by atoms with van der Waals surface area (Å²) in [4.78, 5) is 11.0. The lowest BCUT2D eigenvalue weighted by atomic mass is 10.0. The van der Waals surface area contributed by atoms with Crippen LogP contribution in [0.2, 0.25) is 0 Å². The van der Waals surface area contributed by atoms with Gasteiger partial charge < -0.3 is 10.1 Å². The van der Waals surface area contributed by atoms with E-state index in [1.165, 1.54) is 70.6 Å². The van der Waals surface area contributed by atoms with E-state index in [1.54, 1.807) is 0 Å². The molecule has 0 aliphatic carbocycles. The number of nitrogens with one attached hydrogen (secondary N) is 1. The Morgan fingerprint density at radius 2 is 1.50 bits per heavy atom. The minimum Gasteiger partial charge on any atom is -0.440 e. The number of cyclic esters (lactones) is 1. The van der Waals surface area contributed by atoms with Crippen LogP contribution in [0.3, 0.4) is 0 Å². The van der Waals surface area contributed by atoms with Crippen LogP contribution in [0.4, 0.5) is 4.79 Å². The predicted molar refractivity (Wildman–Crippen MR) is 93.1 cm³/mol. The minimum absolute atomic E-state index is 0.0831. The third kappa shape index (κ3) is 9.11. The van der Waals surface area contributed by atoms with Crippen molar-refractivity contribution in [2.24, 2.45) is 0 Å². The average molecular weight is 309 g/mol. The van der Waals surface area contributed by atoms with Crippen LogP contribution in [0.25, 0.3) is 0 Å². The fraction of sp³-hybridized carbons (Fsp3) is 0.842. The van der Waals surface area contributed by atoms with Crippen molar-refractivity contribution in [3.05, 3.63) is 12.2 Å². The molecule has 0 spiro atoms. The Kier molecular flexibility index (Phi) is 10.9. The fourth-order valence-electron chi connectivity index (χ4n) is 2.89. The number of unbranched alkanes of at least 4 members (excludes halogenated alkanes) is 11. The van der Waals surface area contributed by atoms with Gasteiger partial charge in [0.25, 0.3) is 0 Å². The zero-order chi connectivity index (χ0) is 16.0. The first-order chi connectivity index (χ1) is 10.7. The van der Waals surface area contributed by atoms with Gasteiger partial charge in [0, 0.05) is 0 Å². The van der Waals surface area contributed by atoms with Crippen LogP contribution in [0.5, 0.6) is 0 Å². The monoisotopic (exact) mass is 309 g/mol. The average Bonchev–Trinajstić information content (AvgIpc) is 2.82. The molecule has 0 unspecified atom stereocenters. The number of carbonyl (C=O) groups is 1. The molecule has 0 radical (unpaired) electrons. The van der Waals surface area contributed by atoms with E-state index in [1.807, 2.05) is 13.0 Å². The van der Waals surface area contributed by atoms with Crippen molar-refractivity contribution in [2.45, 2.75) is 103 Å². The molecule has 0 bridgehead atoms. The first-order valence-corrected chi connectivity index (χ1v) is 9.38. The molecule has 128 valence electrons. The summed E-state index contributed by atoms with van der Waals surface area (Å²) >= 11 is 0. The SMILES string of the molecule is CCCCCCCCCCCCC/C=C/[C@@H]1OC(=O)N[C@H]1C. The maximum absolute atomic E-state index is 11.0. The highest BCUT2D eigenvalue weighted by molar-refractivity contribution is 5.70. The van der Waals surface area contributed by atoms with Gasteiger partial charge in [-0.05, 0) is 25.8 Å². The lowest BCUT2D eigenvalue weighted by molar-refractivity contribution is 0.154. The molecule has 0 aromatic carbocycles. The van der Waals surface area contributed by atoms with Gasteiger partial charge in [-0.25, -0.2) is 4.79 Å². The summed E-state index contributed by atoms with van der Waals surface area (Å²) in [6.07, 6.45) is 20.1. The second kappa shape index (κ2) is 12.5. The van der Waals surface area contributed by atoms with E-state index < -0.39 is 0 Å². The summed E-state index contributed by atoms with van der Waals surface area (Å²) < 4.78 is 5.14. The molecule has 1 aliphatic rings. The first-order valence-electron chi connectivity index (χ1n) is 9.38. The Bertz CT molecular complexity index is 315. The van der Waals surface area contributed by atoms with Gasteiger partial charge in [0.05, 0.1) is 6.04 Å². The first kappa shape index (κ1) is 19.1. The van der Waals surface area contributed by atoms with Crippen molar-refractivity contribution in [1.29, 1.82) is 0 Å². The van der Waals surface area contributed by atoms with Gasteiger partial charge in [-0.3, -0.25) is 0 Å². The number of rotatable bonds is 13. The molecule has 1 saturated heterocycles. The quantitative estimate of drug-likeness (QED) is 0.348. The van der Waals surface area contributed by atoms with Gasteiger partial charge in [0.1, 0.15) is 6.10 Å². The second-order valence-electron chi connectivity index (χ2n) is 6.56. The highest BCUT2D eigenvalue weighted by atomic mass is 16.6. The molecule has 3 heteroatoms. The summed E-state index contributed by atoms with van der Waals surface area (Å²) in [5, 5.41) is 2.75. The molecule has 0 aromatic heterocycles. The third-order valence-corrected chi connectivity index (χ3v) is 4.38. The van der Waals surface area contributed by atoms with E-state index in [0.717, 1.165) is 6.42 Å². The van der Waals surface area contributed by atoms with Crippen LogP contribution < -0.4 is 5.32 Å². The molecule has 3 nitrogen and oxygen atoms in total. The van der Waals surface area contributed by atoms with Crippen LogP contribution in [-0.2, 0) is 4.74 Å². The molecule has 1 amide bonds. The number of carbonyl (C=O) groups excluding carboxylic acids is 1. The molecule has 1 aliphatic heterocycles. The van der Waals surface area contributed by atoms with Crippen LogP contribution in [0.1, 0.15) is 90.9 Å². The number of alkyl carbamates (subject to hydrolysis) is 1. The molecule has 1 rings (SSSR count). The summed E-state index contributed by atoms with van der Waals surface area (Å²) in [5.74, 6) is 0. The standard InChI is InChI=1S/C19H35NO2/c1-3-4-5-6-7-8-9-10-11-12-13-14-15-16-18-17(2)20-19(21)22-18/h15-18H,3-14H2,1-2H3,(H,20,21)/b16-15+/t17-,18-/m0/s1. The van der Waals surface area contributed by atoms with Gasteiger partial charge in [-0.15, -0.1) is 0 Å². The Hall–Kier alpha value is -0.990. The minimum atomic E-state index is -0.295. The van der Waals surface area contributed by atoms with Gasteiger partial charge in [-0.2, -0.15) is 0 Å². The van der Waals surface area contributed by atoms with E-state index in [9.17, 15) is 4.79 Å². The maximum atomic E-state index is 11.0. The van der Waals surface area contributed by atoms with Crippen molar-refractivity contribution < 1.29 is 9.53 Å². The number of ether oxygens (including phenoxy) is 1. The lowest BCUT2D eigenvalue weighted by Gasteiger charge is -2.06. The van der Waals surface area contributed by atoms with Crippen LogP contribution >= 0.6 is 0 Å². The molecule has 0 saturated carbocycles. The second-order valence-corrected chi connectivity index (χ2v) is 6.56. The fourth-order valence-corrected chi connectivity index (χ4v) is 2.89. The molecule has 2 atom stereocenters.